The van der Waals surface area contributed by atoms with Gasteiger partial charge in [-0.3, -0.25) is 19.4 Å². The van der Waals surface area contributed by atoms with Crippen molar-refractivity contribution >= 4 is 40.4 Å². The van der Waals surface area contributed by atoms with Crippen molar-refractivity contribution in [3.8, 4) is 32.0 Å². The number of rotatable bonds is 11. The molecule has 2 aliphatic rings. The van der Waals surface area contributed by atoms with Crippen LogP contribution < -0.4 is 5.32 Å². The van der Waals surface area contributed by atoms with Gasteiger partial charge in [0.2, 0.25) is 11.8 Å². The lowest BCUT2D eigenvalue weighted by Gasteiger charge is -2.28. The molecule has 3 aromatic heterocycles. The molecule has 5 heterocycles. The summed E-state index contributed by atoms with van der Waals surface area (Å²) >= 11 is 3.28. The predicted octanol–water partition coefficient (Wildman–Crippen LogP) is 9.74. The summed E-state index contributed by atoms with van der Waals surface area (Å²) in [6.07, 6.45) is 9.41. The zero-order valence-electron chi connectivity index (χ0n) is 32.3. The molecule has 294 valence electrons. The molecular formula is C48H42N6O3S2. The fourth-order valence-corrected chi connectivity index (χ4v) is 10.2. The van der Waals surface area contributed by atoms with Crippen LogP contribution in [-0.2, 0) is 16.0 Å². The molecule has 3 atom stereocenters. The lowest BCUT2D eigenvalue weighted by molar-refractivity contribution is -0.134. The molecule has 1 N–H and O–H groups in total. The molecule has 0 aliphatic carbocycles. The Bertz CT molecular complexity index is 2540. The van der Waals surface area contributed by atoms with Crippen molar-refractivity contribution in [2.45, 2.75) is 50.2 Å². The first kappa shape index (κ1) is 38.2. The number of pyridine rings is 1. The molecule has 3 amide bonds. The first-order valence-corrected chi connectivity index (χ1v) is 21.7. The van der Waals surface area contributed by atoms with E-state index >= 15 is 0 Å². The maximum atomic E-state index is 14.2. The summed E-state index contributed by atoms with van der Waals surface area (Å²) in [5.41, 5.74) is 6.42. The fourth-order valence-electron chi connectivity index (χ4n) is 8.09. The van der Waals surface area contributed by atoms with E-state index in [2.05, 4.69) is 58.8 Å². The minimum absolute atomic E-state index is 0.0290. The topological polar surface area (TPSA) is 108 Å². The highest BCUT2D eigenvalue weighted by Crippen LogP contribution is 2.40. The SMILES string of the molecule is O=C(N[C@@H](C(=O)N1CCC[C@H]1c1ncc(-c2ccc(-c3ccc(-c4cnc([C@@H]5CCCN5C(=O)Cc5ccccc5)s4)cc3)cc2)s1)c1ccccc1)c1ccccn1. The van der Waals surface area contributed by atoms with Gasteiger partial charge in [-0.05, 0) is 71.2 Å². The van der Waals surface area contributed by atoms with E-state index in [1.54, 1.807) is 47.1 Å². The number of aromatic nitrogens is 3. The van der Waals surface area contributed by atoms with Crippen LogP contribution >= 0.6 is 22.7 Å². The number of nitrogens with one attached hydrogen (secondary N) is 1. The highest BCUT2D eigenvalue weighted by Gasteiger charge is 2.37. The van der Waals surface area contributed by atoms with Gasteiger partial charge in [-0.25, -0.2) is 9.97 Å². The minimum atomic E-state index is -0.850. The smallest absolute Gasteiger partial charge is 0.270 e. The van der Waals surface area contributed by atoms with Gasteiger partial charge < -0.3 is 15.1 Å². The zero-order valence-corrected chi connectivity index (χ0v) is 33.9. The third-order valence-electron chi connectivity index (χ3n) is 11.1. The normalized spacial score (nSPS) is 16.9. The van der Waals surface area contributed by atoms with E-state index in [-0.39, 0.29) is 29.6 Å². The lowest BCUT2D eigenvalue weighted by atomic mass is 10.0. The van der Waals surface area contributed by atoms with Gasteiger partial charge in [0.1, 0.15) is 21.8 Å². The Hall–Kier alpha value is -6.30. The number of likely N-dealkylation sites (tertiary alicyclic amines) is 2. The van der Waals surface area contributed by atoms with Crippen LogP contribution in [0, 0.1) is 0 Å². The molecule has 0 unspecified atom stereocenters. The lowest BCUT2D eigenvalue weighted by Crippen LogP contribution is -2.42. The van der Waals surface area contributed by atoms with Crippen LogP contribution in [0.5, 0.6) is 0 Å². The largest absolute Gasteiger partial charge is 0.335 e. The van der Waals surface area contributed by atoms with Crippen LogP contribution in [0.3, 0.4) is 0 Å². The van der Waals surface area contributed by atoms with Gasteiger partial charge in [0, 0.05) is 31.7 Å². The molecule has 0 spiro atoms. The second-order valence-corrected chi connectivity index (χ2v) is 17.0. The average molecular weight is 815 g/mol. The minimum Gasteiger partial charge on any atom is -0.335 e. The van der Waals surface area contributed by atoms with Crippen molar-refractivity contribution in [1.29, 1.82) is 0 Å². The van der Waals surface area contributed by atoms with E-state index in [4.69, 9.17) is 9.97 Å². The van der Waals surface area contributed by atoms with Gasteiger partial charge in [0.15, 0.2) is 0 Å². The van der Waals surface area contributed by atoms with Crippen LogP contribution in [0.1, 0.15) is 75.4 Å². The van der Waals surface area contributed by atoms with E-state index in [9.17, 15) is 14.4 Å². The Kier molecular flexibility index (Phi) is 11.2. The van der Waals surface area contributed by atoms with E-state index in [1.165, 1.54) is 0 Å². The Balaban J connectivity index is 0.856. The molecule has 59 heavy (non-hydrogen) atoms. The quantitative estimate of drug-likeness (QED) is 0.139. The van der Waals surface area contributed by atoms with Crippen LogP contribution in [-0.4, -0.2) is 55.6 Å². The van der Waals surface area contributed by atoms with Crippen LogP contribution in [0.25, 0.3) is 32.0 Å². The zero-order chi connectivity index (χ0) is 40.1. The van der Waals surface area contributed by atoms with Crippen LogP contribution in [0.15, 0.2) is 146 Å². The van der Waals surface area contributed by atoms with Gasteiger partial charge in [0.25, 0.3) is 5.91 Å². The Morgan fingerprint density at radius 1 is 0.610 bits per heavy atom. The third-order valence-corrected chi connectivity index (χ3v) is 13.4. The van der Waals surface area contributed by atoms with Crippen molar-refractivity contribution in [1.82, 2.24) is 30.1 Å². The van der Waals surface area contributed by atoms with Gasteiger partial charge in [0.05, 0.1) is 28.3 Å². The van der Waals surface area contributed by atoms with E-state index in [1.807, 2.05) is 82.9 Å². The second kappa shape index (κ2) is 17.3. The number of hydrogen-bond donors (Lipinski definition) is 1. The summed E-state index contributed by atoms with van der Waals surface area (Å²) in [5.74, 6) is -0.390. The second-order valence-electron chi connectivity index (χ2n) is 14.9. The Morgan fingerprint density at radius 3 is 1.71 bits per heavy atom. The average Bonchev–Trinajstić information content (AvgIpc) is 4.14. The summed E-state index contributed by atoms with van der Waals surface area (Å²) in [6.45, 7) is 1.36. The molecule has 9 rings (SSSR count). The van der Waals surface area contributed by atoms with Crippen molar-refractivity contribution in [3.63, 3.8) is 0 Å². The first-order chi connectivity index (χ1) is 29.0. The van der Waals surface area contributed by atoms with Gasteiger partial charge in [-0.15, -0.1) is 22.7 Å². The van der Waals surface area contributed by atoms with Crippen molar-refractivity contribution in [3.05, 3.63) is 173 Å². The fraction of sp³-hybridized carbons (Fsp3) is 0.208. The summed E-state index contributed by atoms with van der Waals surface area (Å²) < 4.78 is 0. The molecule has 2 saturated heterocycles. The number of carbonyl (C=O) groups excluding carboxylic acids is 3. The molecule has 7 aromatic rings. The molecule has 2 aliphatic heterocycles. The maximum Gasteiger partial charge on any atom is 0.270 e. The van der Waals surface area contributed by atoms with Crippen LogP contribution in [0.2, 0.25) is 0 Å². The molecule has 4 aromatic carbocycles. The van der Waals surface area contributed by atoms with Crippen LogP contribution in [0.4, 0.5) is 0 Å². The van der Waals surface area contributed by atoms with E-state index in [0.29, 0.717) is 13.0 Å². The predicted molar refractivity (Wildman–Crippen MR) is 233 cm³/mol. The monoisotopic (exact) mass is 814 g/mol. The number of benzene rings is 4. The Morgan fingerprint density at radius 2 is 1.14 bits per heavy atom. The molecule has 0 bridgehead atoms. The van der Waals surface area contributed by atoms with Crippen molar-refractivity contribution < 1.29 is 14.4 Å². The number of nitrogens with zero attached hydrogens (tertiary/aromatic N) is 5. The van der Waals surface area contributed by atoms with Gasteiger partial charge in [-0.2, -0.15) is 0 Å². The van der Waals surface area contributed by atoms with Crippen molar-refractivity contribution in [2.24, 2.45) is 0 Å². The van der Waals surface area contributed by atoms with Gasteiger partial charge in [-0.1, -0.05) is 115 Å². The van der Waals surface area contributed by atoms with E-state index in [0.717, 1.165) is 85.4 Å². The molecule has 0 saturated carbocycles. The maximum absolute atomic E-state index is 14.2. The highest BCUT2D eigenvalue weighted by molar-refractivity contribution is 7.15. The number of thiazole rings is 2. The molecular weight excluding hydrogens is 773 g/mol. The molecule has 0 radical (unpaired) electrons. The van der Waals surface area contributed by atoms with Gasteiger partial charge >= 0.3 is 0 Å². The summed E-state index contributed by atoms with van der Waals surface area (Å²) in [4.78, 5) is 60.5. The molecule has 2 fully saturated rings. The molecule has 11 heteroatoms. The number of hydrogen-bond acceptors (Lipinski definition) is 8. The third kappa shape index (κ3) is 8.35. The summed E-state index contributed by atoms with van der Waals surface area (Å²) in [6, 6.07) is 40.6. The summed E-state index contributed by atoms with van der Waals surface area (Å²) in [5, 5.41) is 4.84. The Labute approximate surface area is 351 Å². The number of amides is 3. The van der Waals surface area contributed by atoms with Crippen molar-refractivity contribution in [2.75, 3.05) is 13.1 Å². The summed E-state index contributed by atoms with van der Waals surface area (Å²) in [7, 11) is 0. The first-order valence-electron chi connectivity index (χ1n) is 20.0. The molecule has 9 nitrogen and oxygen atoms in total. The standard InChI is InChI=1S/C48H42N6O3S2/c55-43(29-32-11-3-1-4-12-32)53-27-9-16-39(53)46-50-30-41(58-46)35-22-18-33(19-23-35)34-20-24-36(25-21-34)42-31-51-47(59-42)40-17-10-28-54(40)48(57)44(37-13-5-2-6-14-37)52-45(56)38-15-7-8-26-49-38/h1-8,11-15,18-26,30-31,39-40,44H,9-10,16-17,27-29H2,(H,52,56)/t39-,40-,44+/m0/s1. The number of carbonyl (C=O) groups is 3. The highest BCUT2D eigenvalue weighted by atomic mass is 32.1. The van der Waals surface area contributed by atoms with E-state index < -0.39 is 11.9 Å².